The molecule has 0 aromatic carbocycles. The van der Waals surface area contributed by atoms with Crippen molar-refractivity contribution in [3.63, 3.8) is 0 Å². The first-order valence-electron chi connectivity index (χ1n) is 11.5. The minimum atomic E-state index is 1.08. The van der Waals surface area contributed by atoms with E-state index >= 15 is 0 Å². The van der Waals surface area contributed by atoms with Gasteiger partial charge < -0.3 is 9.80 Å². The van der Waals surface area contributed by atoms with Gasteiger partial charge in [-0.3, -0.25) is 0 Å². The Bertz CT molecular complexity index is 300. The number of nitrogens with zero attached hydrogens (tertiary/aromatic N) is 2. The molecule has 0 saturated heterocycles. The molecule has 0 aromatic rings. The third kappa shape index (κ3) is 14.2. The summed E-state index contributed by atoms with van der Waals surface area (Å²) in [7, 11) is 2.14. The van der Waals surface area contributed by atoms with Gasteiger partial charge in [-0.25, -0.2) is 0 Å². The molecule has 0 N–H and O–H groups in total. The van der Waals surface area contributed by atoms with Gasteiger partial charge >= 0.3 is 0 Å². The van der Waals surface area contributed by atoms with Crippen LogP contribution in [0.2, 0.25) is 0 Å². The van der Waals surface area contributed by atoms with Crippen LogP contribution in [0.25, 0.3) is 0 Å². The van der Waals surface area contributed by atoms with Gasteiger partial charge in [-0.2, -0.15) is 0 Å². The number of hydrogen-bond donors (Lipinski definition) is 0. The van der Waals surface area contributed by atoms with Crippen molar-refractivity contribution < 1.29 is 0 Å². The summed E-state index contributed by atoms with van der Waals surface area (Å²) in [6.45, 7) is 4.62. The van der Waals surface area contributed by atoms with Gasteiger partial charge in [0.1, 0.15) is 0 Å². The van der Waals surface area contributed by atoms with Crippen molar-refractivity contribution in [1.82, 2.24) is 9.80 Å². The first kappa shape index (κ1) is 22.4. The molecule has 0 spiro atoms. The normalized spacial score (nSPS) is 14.0. The maximum Gasteiger partial charge on any atom is 0.0890 e. The average Bonchev–Trinajstić information content (AvgIpc) is 3.03. The van der Waals surface area contributed by atoms with Crippen molar-refractivity contribution in [1.29, 1.82) is 0 Å². The van der Waals surface area contributed by atoms with Crippen LogP contribution in [0, 0.1) is 0 Å². The fraction of sp³-hybridized carbons (Fsp3) is 0.913. The molecule has 2 nitrogen and oxygen atoms in total. The summed E-state index contributed by atoms with van der Waals surface area (Å²) in [5, 5.41) is 0. The van der Waals surface area contributed by atoms with E-state index in [9.17, 15) is 0 Å². The second-order valence-corrected chi connectivity index (χ2v) is 8.17. The Balaban J connectivity index is 1.66. The van der Waals surface area contributed by atoms with Crippen molar-refractivity contribution in [2.45, 2.75) is 116 Å². The summed E-state index contributed by atoms with van der Waals surface area (Å²) in [5.74, 6) is 0. The zero-order valence-electron chi connectivity index (χ0n) is 17.5. The van der Waals surface area contributed by atoms with Gasteiger partial charge in [-0.05, 0) is 6.42 Å². The Morgan fingerprint density at radius 3 is 1.32 bits per heavy atom. The second kappa shape index (κ2) is 16.8. The van der Waals surface area contributed by atoms with Gasteiger partial charge in [0.05, 0.1) is 6.67 Å². The van der Waals surface area contributed by atoms with E-state index in [0.29, 0.717) is 0 Å². The molecule has 0 aromatic heterocycles. The molecule has 1 heterocycles. The summed E-state index contributed by atoms with van der Waals surface area (Å²) >= 11 is 0. The molecule has 0 radical (unpaired) electrons. The summed E-state index contributed by atoms with van der Waals surface area (Å²) < 4.78 is 0. The quantitative estimate of drug-likeness (QED) is 0.239. The first-order chi connectivity index (χ1) is 12.3. The van der Waals surface area contributed by atoms with Crippen LogP contribution in [-0.2, 0) is 0 Å². The highest BCUT2D eigenvalue weighted by molar-refractivity contribution is 4.88. The average molecular weight is 351 g/mol. The predicted molar refractivity (Wildman–Crippen MR) is 113 cm³/mol. The van der Waals surface area contributed by atoms with Gasteiger partial charge in [0.15, 0.2) is 0 Å². The molecule has 2 heteroatoms. The van der Waals surface area contributed by atoms with Crippen LogP contribution >= 0.6 is 0 Å². The van der Waals surface area contributed by atoms with Crippen molar-refractivity contribution in [2.75, 3.05) is 20.3 Å². The van der Waals surface area contributed by atoms with Crippen LogP contribution in [0.1, 0.15) is 116 Å². The van der Waals surface area contributed by atoms with E-state index in [2.05, 4.69) is 36.2 Å². The van der Waals surface area contributed by atoms with Gasteiger partial charge in [-0.1, -0.05) is 110 Å². The molecule has 0 amide bonds. The molecule has 1 rings (SSSR count). The maximum atomic E-state index is 2.42. The van der Waals surface area contributed by atoms with Crippen molar-refractivity contribution >= 4 is 0 Å². The summed E-state index contributed by atoms with van der Waals surface area (Å²) in [6.07, 6.45) is 29.1. The minimum absolute atomic E-state index is 1.08. The topological polar surface area (TPSA) is 6.48 Å². The van der Waals surface area contributed by atoms with Crippen LogP contribution < -0.4 is 0 Å². The van der Waals surface area contributed by atoms with E-state index in [4.69, 9.17) is 0 Å². The smallest absolute Gasteiger partial charge is 0.0890 e. The van der Waals surface area contributed by atoms with Gasteiger partial charge in [0, 0.05) is 26.0 Å². The lowest BCUT2D eigenvalue weighted by atomic mass is 10.0. The van der Waals surface area contributed by atoms with Crippen LogP contribution in [0.3, 0.4) is 0 Å². The highest BCUT2D eigenvalue weighted by Crippen LogP contribution is 2.14. The van der Waals surface area contributed by atoms with E-state index in [1.54, 1.807) is 0 Å². The Kier molecular flexibility index (Phi) is 15.0. The molecule has 25 heavy (non-hydrogen) atoms. The zero-order valence-corrected chi connectivity index (χ0v) is 17.5. The van der Waals surface area contributed by atoms with Gasteiger partial charge in [-0.15, -0.1) is 0 Å². The van der Waals surface area contributed by atoms with Gasteiger partial charge in [0.25, 0.3) is 0 Å². The van der Waals surface area contributed by atoms with Crippen molar-refractivity contribution in [3.8, 4) is 0 Å². The van der Waals surface area contributed by atoms with E-state index in [0.717, 1.165) is 6.67 Å². The standard InChI is InChI=1S/C23H46N2/c1-3-4-5-6-7-8-9-10-11-12-13-14-15-16-17-18-19-20-25-22-21-24(2)23-25/h21-22H,3-20,23H2,1-2H3. The van der Waals surface area contributed by atoms with E-state index < -0.39 is 0 Å². The third-order valence-corrected chi connectivity index (χ3v) is 5.49. The summed E-state index contributed by atoms with van der Waals surface area (Å²) in [4.78, 5) is 4.67. The molecule has 0 saturated carbocycles. The number of unbranched alkanes of at least 4 members (excludes halogenated alkanes) is 16. The molecule has 0 aliphatic carbocycles. The lowest BCUT2D eigenvalue weighted by molar-refractivity contribution is 0.290. The maximum absolute atomic E-state index is 2.42. The van der Waals surface area contributed by atoms with Crippen LogP contribution in [0.5, 0.6) is 0 Å². The first-order valence-corrected chi connectivity index (χ1v) is 11.5. The molecule has 1 aliphatic heterocycles. The highest BCUT2D eigenvalue weighted by atomic mass is 15.3. The molecular formula is C23H46N2. The molecule has 148 valence electrons. The Morgan fingerprint density at radius 1 is 0.560 bits per heavy atom. The van der Waals surface area contributed by atoms with Crippen LogP contribution in [0.4, 0.5) is 0 Å². The summed E-state index contributed by atoms with van der Waals surface area (Å²) in [5.41, 5.74) is 0. The summed E-state index contributed by atoms with van der Waals surface area (Å²) in [6, 6.07) is 0. The fourth-order valence-corrected chi connectivity index (χ4v) is 3.77. The fourth-order valence-electron chi connectivity index (χ4n) is 3.77. The second-order valence-electron chi connectivity index (χ2n) is 8.17. The Labute approximate surface area is 159 Å². The minimum Gasteiger partial charge on any atom is -0.362 e. The zero-order chi connectivity index (χ0) is 18.0. The van der Waals surface area contributed by atoms with Crippen molar-refractivity contribution in [3.05, 3.63) is 12.4 Å². The molecule has 0 bridgehead atoms. The SMILES string of the molecule is CCCCCCCCCCCCCCCCCCCN1C=CN(C)C1. The molecule has 1 aliphatic rings. The van der Waals surface area contributed by atoms with Crippen LogP contribution in [0.15, 0.2) is 12.4 Å². The monoisotopic (exact) mass is 350 g/mol. The van der Waals surface area contributed by atoms with E-state index in [1.165, 1.54) is 116 Å². The van der Waals surface area contributed by atoms with E-state index in [-0.39, 0.29) is 0 Å². The number of rotatable bonds is 18. The van der Waals surface area contributed by atoms with Crippen molar-refractivity contribution in [2.24, 2.45) is 0 Å². The highest BCUT2D eigenvalue weighted by Gasteiger charge is 2.06. The van der Waals surface area contributed by atoms with Crippen LogP contribution in [-0.4, -0.2) is 30.1 Å². The largest absolute Gasteiger partial charge is 0.362 e. The molecular weight excluding hydrogens is 304 g/mol. The predicted octanol–water partition coefficient (Wildman–Crippen LogP) is 7.31. The molecule has 0 unspecified atom stereocenters. The Morgan fingerprint density at radius 2 is 0.960 bits per heavy atom. The van der Waals surface area contributed by atoms with Gasteiger partial charge in [0.2, 0.25) is 0 Å². The third-order valence-electron chi connectivity index (χ3n) is 5.49. The lowest BCUT2D eigenvalue weighted by Gasteiger charge is -2.17. The molecule has 0 atom stereocenters. The molecule has 0 fully saturated rings. The van der Waals surface area contributed by atoms with E-state index in [1.807, 2.05) is 0 Å². The Hall–Kier alpha value is -0.660. The number of hydrogen-bond acceptors (Lipinski definition) is 2. The lowest BCUT2D eigenvalue weighted by Crippen LogP contribution is -2.23.